The van der Waals surface area contributed by atoms with E-state index >= 15 is 0 Å². The lowest BCUT2D eigenvalue weighted by molar-refractivity contribution is -0.120. The van der Waals surface area contributed by atoms with Gasteiger partial charge >= 0.3 is 0 Å². The number of piperidine rings is 1. The molecule has 0 aliphatic carbocycles. The van der Waals surface area contributed by atoms with Crippen LogP contribution >= 0.6 is 0 Å². The molecule has 1 aliphatic rings. The second-order valence-electron chi connectivity index (χ2n) is 2.24. The van der Waals surface area contributed by atoms with E-state index in [0.717, 1.165) is 0 Å². The average molecular weight is 168 g/mol. The van der Waals surface area contributed by atoms with Gasteiger partial charge in [-0.1, -0.05) is 0 Å². The summed E-state index contributed by atoms with van der Waals surface area (Å²) in [5, 5.41) is 11.1. The molecule has 11 heavy (non-hydrogen) atoms. The largest absolute Gasteiger partial charge is 0.387 e. The van der Waals surface area contributed by atoms with Gasteiger partial charge in [0, 0.05) is 0 Å². The molecule has 1 fully saturated rings. The molecule has 0 aromatic heterocycles. The molecule has 5 heteroatoms. The van der Waals surface area contributed by atoms with Crippen molar-refractivity contribution in [3.8, 4) is 0 Å². The number of aliphatic hydroxyl groups is 1. The van der Waals surface area contributed by atoms with Gasteiger partial charge in [-0.05, 0) is 20.0 Å². The van der Waals surface area contributed by atoms with Crippen LogP contribution in [0.25, 0.3) is 0 Å². The van der Waals surface area contributed by atoms with Crippen molar-refractivity contribution >= 4 is 0 Å². The van der Waals surface area contributed by atoms with Crippen molar-refractivity contribution in [2.45, 2.75) is 18.4 Å². The van der Waals surface area contributed by atoms with Gasteiger partial charge in [0.1, 0.15) is 6.10 Å². The molecule has 0 spiro atoms. The summed E-state index contributed by atoms with van der Waals surface area (Å²) < 4.78 is 24.6. The Kier molecular flexibility index (Phi) is 4.48. The molecule has 1 heterocycles. The second kappa shape index (κ2) is 4.58. The van der Waals surface area contributed by atoms with Crippen molar-refractivity contribution in [1.82, 2.24) is 5.32 Å². The lowest BCUT2D eigenvalue weighted by atomic mass is 10.1. The van der Waals surface area contributed by atoms with E-state index in [1.54, 1.807) is 0 Å². The molecule has 1 unspecified atom stereocenters. The van der Waals surface area contributed by atoms with E-state index in [4.69, 9.17) is 5.11 Å². The van der Waals surface area contributed by atoms with Crippen LogP contribution in [0.1, 0.15) is 6.42 Å². The number of hydrogen-bond acceptors (Lipinski definition) is 3. The molecule has 3 nitrogen and oxygen atoms in total. The summed E-state index contributed by atoms with van der Waals surface area (Å²) in [6.45, 7) is 0.0882. The van der Waals surface area contributed by atoms with Crippen molar-refractivity contribution in [2.24, 2.45) is 5.73 Å². The Bertz CT molecular complexity index is 111. The Morgan fingerprint density at radius 2 is 2.09 bits per heavy atom. The SMILES string of the molecule is CN.OC1CCNCC1(F)F. The van der Waals surface area contributed by atoms with E-state index in [-0.39, 0.29) is 6.42 Å². The van der Waals surface area contributed by atoms with Crippen molar-refractivity contribution in [3.63, 3.8) is 0 Å². The van der Waals surface area contributed by atoms with Crippen LogP contribution in [0.15, 0.2) is 0 Å². The number of halogens is 2. The minimum Gasteiger partial charge on any atom is -0.387 e. The maximum atomic E-state index is 12.3. The Morgan fingerprint density at radius 3 is 2.36 bits per heavy atom. The average Bonchev–Trinajstić information content (AvgIpc) is 2.00. The summed E-state index contributed by atoms with van der Waals surface area (Å²) >= 11 is 0. The lowest BCUT2D eigenvalue weighted by Gasteiger charge is -2.27. The Balaban J connectivity index is 0.000000461. The molecular formula is C6H14F2N2O. The van der Waals surface area contributed by atoms with E-state index in [2.05, 4.69) is 11.1 Å². The van der Waals surface area contributed by atoms with Crippen LogP contribution in [0.2, 0.25) is 0 Å². The minimum absolute atomic E-state index is 0.146. The predicted octanol–water partition coefficient (Wildman–Crippen LogP) is -0.449. The van der Waals surface area contributed by atoms with E-state index in [0.29, 0.717) is 6.54 Å². The summed E-state index contributed by atoms with van der Waals surface area (Å²) in [5.41, 5.74) is 4.50. The van der Waals surface area contributed by atoms with Crippen molar-refractivity contribution in [3.05, 3.63) is 0 Å². The highest BCUT2D eigenvalue weighted by molar-refractivity contribution is 4.83. The summed E-state index contributed by atoms with van der Waals surface area (Å²) in [7, 11) is 1.50. The molecular weight excluding hydrogens is 154 g/mol. The smallest absolute Gasteiger partial charge is 0.285 e. The van der Waals surface area contributed by atoms with Crippen LogP contribution in [0.5, 0.6) is 0 Å². The first-order valence-electron chi connectivity index (χ1n) is 3.47. The fourth-order valence-electron chi connectivity index (χ4n) is 0.823. The van der Waals surface area contributed by atoms with Crippen molar-refractivity contribution < 1.29 is 13.9 Å². The lowest BCUT2D eigenvalue weighted by Crippen LogP contribution is -2.49. The third kappa shape index (κ3) is 3.09. The maximum absolute atomic E-state index is 12.3. The topological polar surface area (TPSA) is 58.3 Å². The highest BCUT2D eigenvalue weighted by Gasteiger charge is 2.39. The molecule has 0 aromatic rings. The first kappa shape index (κ1) is 10.7. The highest BCUT2D eigenvalue weighted by Crippen LogP contribution is 2.22. The highest BCUT2D eigenvalue weighted by atomic mass is 19.3. The molecule has 1 saturated heterocycles. The van der Waals surface area contributed by atoms with Crippen molar-refractivity contribution in [2.75, 3.05) is 20.1 Å². The van der Waals surface area contributed by atoms with E-state index < -0.39 is 18.6 Å². The van der Waals surface area contributed by atoms with Gasteiger partial charge in [0.25, 0.3) is 5.92 Å². The van der Waals surface area contributed by atoms with Crippen LogP contribution < -0.4 is 11.1 Å². The zero-order valence-electron chi connectivity index (χ0n) is 6.48. The summed E-state index contributed by atoms with van der Waals surface area (Å²) in [4.78, 5) is 0. The van der Waals surface area contributed by atoms with Gasteiger partial charge in [-0.15, -0.1) is 0 Å². The van der Waals surface area contributed by atoms with Gasteiger partial charge in [0.2, 0.25) is 0 Å². The van der Waals surface area contributed by atoms with Gasteiger partial charge in [-0.2, -0.15) is 0 Å². The van der Waals surface area contributed by atoms with Crippen LogP contribution in [-0.2, 0) is 0 Å². The summed E-state index contributed by atoms with van der Waals surface area (Å²) in [6, 6.07) is 0. The summed E-state index contributed by atoms with van der Waals surface area (Å²) in [5.74, 6) is -2.92. The molecule has 0 aromatic carbocycles. The number of aliphatic hydroxyl groups excluding tert-OH is 1. The van der Waals surface area contributed by atoms with Gasteiger partial charge < -0.3 is 16.2 Å². The number of rotatable bonds is 0. The normalized spacial score (nSPS) is 28.6. The van der Waals surface area contributed by atoms with Crippen LogP contribution in [0.4, 0.5) is 8.78 Å². The Labute approximate surface area is 64.6 Å². The van der Waals surface area contributed by atoms with Crippen molar-refractivity contribution in [1.29, 1.82) is 0 Å². The molecule has 1 atom stereocenters. The Hall–Kier alpha value is -0.260. The number of alkyl halides is 2. The molecule has 1 rings (SSSR count). The summed E-state index contributed by atoms with van der Waals surface area (Å²) in [6.07, 6.45) is -1.30. The third-order valence-electron chi connectivity index (χ3n) is 1.44. The zero-order chi connectivity index (χ0) is 8.91. The van der Waals surface area contributed by atoms with Crippen LogP contribution in [0.3, 0.4) is 0 Å². The molecule has 4 N–H and O–H groups in total. The minimum atomic E-state index is -2.92. The van der Waals surface area contributed by atoms with Gasteiger partial charge in [0.05, 0.1) is 6.54 Å². The Morgan fingerprint density at radius 1 is 1.55 bits per heavy atom. The first-order chi connectivity index (χ1) is 5.13. The van der Waals surface area contributed by atoms with E-state index in [9.17, 15) is 8.78 Å². The van der Waals surface area contributed by atoms with Crippen LogP contribution in [-0.4, -0.2) is 37.3 Å². The van der Waals surface area contributed by atoms with Gasteiger partial charge in [-0.25, -0.2) is 8.78 Å². The molecule has 0 saturated carbocycles. The van der Waals surface area contributed by atoms with E-state index in [1.165, 1.54) is 7.05 Å². The number of hydrogen-bond donors (Lipinski definition) is 3. The fourth-order valence-corrected chi connectivity index (χ4v) is 0.823. The third-order valence-corrected chi connectivity index (χ3v) is 1.44. The second-order valence-corrected chi connectivity index (χ2v) is 2.24. The monoisotopic (exact) mass is 168 g/mol. The van der Waals surface area contributed by atoms with E-state index in [1.807, 2.05) is 0 Å². The number of nitrogens with two attached hydrogens (primary N) is 1. The standard InChI is InChI=1S/C5H9F2NO.CH5N/c6-5(7)3-8-2-1-4(5)9;1-2/h4,8-9H,1-3H2;2H2,1H3. The zero-order valence-corrected chi connectivity index (χ0v) is 6.48. The number of nitrogens with one attached hydrogen (secondary N) is 1. The predicted molar refractivity (Wildman–Crippen MR) is 38.6 cm³/mol. The fraction of sp³-hybridized carbons (Fsp3) is 1.00. The van der Waals surface area contributed by atoms with Gasteiger partial charge in [0.15, 0.2) is 0 Å². The van der Waals surface area contributed by atoms with Crippen LogP contribution in [0, 0.1) is 0 Å². The quantitative estimate of drug-likeness (QED) is 0.459. The maximum Gasteiger partial charge on any atom is 0.285 e. The molecule has 0 bridgehead atoms. The molecule has 0 amide bonds. The molecule has 68 valence electrons. The first-order valence-corrected chi connectivity index (χ1v) is 3.47. The van der Waals surface area contributed by atoms with Gasteiger partial charge in [-0.3, -0.25) is 0 Å². The molecule has 0 radical (unpaired) electrons. The molecule has 1 aliphatic heterocycles.